The molecule has 0 saturated heterocycles. The van der Waals surface area contributed by atoms with Gasteiger partial charge < -0.3 is 5.73 Å². The number of rotatable bonds is 6. The Kier molecular flexibility index (Phi) is 4.90. The van der Waals surface area contributed by atoms with Crippen LogP contribution >= 0.6 is 0 Å². The summed E-state index contributed by atoms with van der Waals surface area (Å²) < 4.78 is 2.97. The molecule has 0 aliphatic carbocycles. The molecule has 2 aromatic heterocycles. The van der Waals surface area contributed by atoms with Crippen molar-refractivity contribution in [3.05, 3.63) is 84.8 Å². The third kappa shape index (κ3) is 3.45. The van der Waals surface area contributed by atoms with E-state index in [0.29, 0.717) is 0 Å². The number of benzene rings is 1. The van der Waals surface area contributed by atoms with E-state index in [1.807, 2.05) is 6.07 Å². The van der Waals surface area contributed by atoms with Crippen molar-refractivity contribution in [1.29, 1.82) is 0 Å². The minimum Gasteiger partial charge on any atom is -0.384 e. The lowest BCUT2D eigenvalue weighted by Crippen LogP contribution is -2.43. The Labute approximate surface area is 157 Å². The zero-order valence-electron chi connectivity index (χ0n) is 14.8. The predicted molar refractivity (Wildman–Crippen MR) is 99.1 cm³/mol. The van der Waals surface area contributed by atoms with Crippen molar-refractivity contribution in [2.75, 3.05) is 5.73 Å². The van der Waals surface area contributed by atoms with Crippen molar-refractivity contribution < 1.29 is 9.72 Å². The van der Waals surface area contributed by atoms with E-state index < -0.39 is 28.5 Å². The summed E-state index contributed by atoms with van der Waals surface area (Å²) in [5.74, 6) is -0.971. The van der Waals surface area contributed by atoms with E-state index in [9.17, 15) is 24.5 Å². The summed E-state index contributed by atoms with van der Waals surface area (Å²) in [4.78, 5) is 47.7. The summed E-state index contributed by atoms with van der Waals surface area (Å²) in [6.07, 6.45) is 2.06. The highest BCUT2D eigenvalue weighted by Crippen LogP contribution is 2.12. The van der Waals surface area contributed by atoms with Gasteiger partial charge in [-0.3, -0.25) is 33.5 Å². The first kappa shape index (κ1) is 18.8. The van der Waals surface area contributed by atoms with Gasteiger partial charge in [-0.05, 0) is 5.56 Å². The first-order chi connectivity index (χ1) is 13.3. The molecule has 0 aliphatic heterocycles. The van der Waals surface area contributed by atoms with Gasteiger partial charge >= 0.3 is 11.4 Å². The summed E-state index contributed by atoms with van der Waals surface area (Å²) in [5.41, 5.74) is 4.62. The van der Waals surface area contributed by atoms with Crippen molar-refractivity contribution in [1.82, 2.24) is 18.9 Å². The number of nitrogen functional groups attached to an aromatic ring is 1. The maximum Gasteiger partial charge on any atom is 0.332 e. The van der Waals surface area contributed by atoms with Crippen molar-refractivity contribution in [2.45, 2.75) is 13.1 Å². The number of ketones is 1. The molecule has 11 heteroatoms. The minimum absolute atomic E-state index is 0.0765. The van der Waals surface area contributed by atoms with Gasteiger partial charge in [-0.2, -0.15) is 5.10 Å². The van der Waals surface area contributed by atoms with Crippen LogP contribution in [0.5, 0.6) is 0 Å². The Hall–Kier alpha value is -4.02. The summed E-state index contributed by atoms with van der Waals surface area (Å²) >= 11 is 0. The molecule has 1 aromatic carbocycles. The van der Waals surface area contributed by atoms with E-state index in [4.69, 9.17) is 5.73 Å². The Balaban J connectivity index is 2.02. The molecule has 0 unspecified atom stereocenters. The standard InChI is InChI=1S/C17H16N6O5/c1-20-16(25)14(13(24)10-21-9-12(7-19-21)23(27)28)15(18)22(17(20)26)8-11-5-3-2-4-6-11/h2-7,9H,8,10,18H2,1H3. The zero-order chi connectivity index (χ0) is 20.4. The molecule has 0 saturated carbocycles. The van der Waals surface area contributed by atoms with E-state index in [-0.39, 0.29) is 23.6 Å². The fourth-order valence-electron chi connectivity index (χ4n) is 2.72. The van der Waals surface area contributed by atoms with Gasteiger partial charge in [-0.25, -0.2) is 4.79 Å². The second kappa shape index (κ2) is 7.31. The lowest BCUT2D eigenvalue weighted by atomic mass is 10.1. The number of hydrogen-bond acceptors (Lipinski definition) is 7. The first-order valence-corrected chi connectivity index (χ1v) is 8.13. The highest BCUT2D eigenvalue weighted by atomic mass is 16.6. The molecule has 0 bridgehead atoms. The molecule has 3 rings (SSSR count). The summed E-state index contributed by atoms with van der Waals surface area (Å²) in [6, 6.07) is 8.95. The van der Waals surface area contributed by atoms with Crippen LogP contribution in [0.4, 0.5) is 11.5 Å². The van der Waals surface area contributed by atoms with Crippen molar-refractivity contribution in [2.24, 2.45) is 7.05 Å². The van der Waals surface area contributed by atoms with Gasteiger partial charge in [0, 0.05) is 7.05 Å². The van der Waals surface area contributed by atoms with E-state index in [0.717, 1.165) is 31.8 Å². The van der Waals surface area contributed by atoms with Crippen LogP contribution < -0.4 is 17.0 Å². The smallest absolute Gasteiger partial charge is 0.332 e. The van der Waals surface area contributed by atoms with Crippen LogP contribution in [0.1, 0.15) is 15.9 Å². The third-order valence-electron chi connectivity index (χ3n) is 4.18. The summed E-state index contributed by atoms with van der Waals surface area (Å²) in [5, 5.41) is 14.5. The number of nitro groups is 1. The monoisotopic (exact) mass is 384 g/mol. The number of hydrogen-bond donors (Lipinski definition) is 1. The summed E-state index contributed by atoms with van der Waals surface area (Å²) in [7, 11) is 1.25. The molecule has 2 heterocycles. The van der Waals surface area contributed by atoms with Crippen molar-refractivity contribution in [3.63, 3.8) is 0 Å². The van der Waals surface area contributed by atoms with Crippen LogP contribution in [0.3, 0.4) is 0 Å². The number of nitrogens with zero attached hydrogens (tertiary/aromatic N) is 5. The molecule has 0 atom stereocenters. The number of aromatic nitrogens is 4. The lowest BCUT2D eigenvalue weighted by molar-refractivity contribution is -0.385. The van der Waals surface area contributed by atoms with Gasteiger partial charge in [0.1, 0.15) is 30.3 Å². The summed E-state index contributed by atoms with van der Waals surface area (Å²) in [6.45, 7) is -0.357. The maximum absolute atomic E-state index is 12.7. The van der Waals surface area contributed by atoms with Crippen molar-refractivity contribution in [3.8, 4) is 0 Å². The molecule has 0 radical (unpaired) electrons. The third-order valence-corrected chi connectivity index (χ3v) is 4.18. The number of Topliss-reactive ketones (excluding diaryl/α,β-unsaturated/α-hetero) is 1. The fourth-order valence-corrected chi connectivity index (χ4v) is 2.72. The predicted octanol–water partition coefficient (Wildman–Crippen LogP) is 0.165. The minimum atomic E-state index is -0.835. The molecule has 3 aromatic rings. The molecule has 28 heavy (non-hydrogen) atoms. The topological polar surface area (TPSA) is 148 Å². The Bertz CT molecular complexity index is 1170. The largest absolute Gasteiger partial charge is 0.384 e. The van der Waals surface area contributed by atoms with Crippen LogP contribution in [0.25, 0.3) is 0 Å². The Morgan fingerprint density at radius 2 is 1.93 bits per heavy atom. The van der Waals surface area contributed by atoms with Crippen LogP contribution in [0.2, 0.25) is 0 Å². The molecule has 0 aliphatic rings. The van der Waals surface area contributed by atoms with E-state index >= 15 is 0 Å². The SMILES string of the molecule is Cn1c(=O)c(C(=O)Cn2cc([N+](=O)[O-])cn2)c(N)n(Cc2ccccc2)c1=O. The molecule has 0 amide bonds. The molecule has 0 spiro atoms. The van der Waals surface area contributed by atoms with E-state index in [1.54, 1.807) is 24.3 Å². The van der Waals surface area contributed by atoms with E-state index in [2.05, 4.69) is 5.10 Å². The molecular weight excluding hydrogens is 368 g/mol. The Morgan fingerprint density at radius 1 is 1.25 bits per heavy atom. The van der Waals surface area contributed by atoms with E-state index in [1.165, 1.54) is 7.05 Å². The van der Waals surface area contributed by atoms with Crippen LogP contribution in [-0.4, -0.2) is 29.6 Å². The average molecular weight is 384 g/mol. The van der Waals surface area contributed by atoms with Crippen LogP contribution in [-0.2, 0) is 20.1 Å². The highest BCUT2D eigenvalue weighted by molar-refractivity contribution is 5.99. The number of nitrogens with two attached hydrogens (primary N) is 1. The lowest BCUT2D eigenvalue weighted by Gasteiger charge is -2.14. The first-order valence-electron chi connectivity index (χ1n) is 8.13. The molecule has 11 nitrogen and oxygen atoms in total. The quantitative estimate of drug-likeness (QED) is 0.362. The second-order valence-corrected chi connectivity index (χ2v) is 6.06. The molecule has 144 valence electrons. The van der Waals surface area contributed by atoms with Gasteiger partial charge in [0.25, 0.3) is 5.56 Å². The van der Waals surface area contributed by atoms with Gasteiger partial charge in [-0.1, -0.05) is 30.3 Å². The zero-order valence-corrected chi connectivity index (χ0v) is 14.8. The number of anilines is 1. The number of carbonyl (C=O) groups excluding carboxylic acids is 1. The molecular formula is C17H16N6O5. The highest BCUT2D eigenvalue weighted by Gasteiger charge is 2.22. The maximum atomic E-state index is 12.7. The average Bonchev–Trinajstić information content (AvgIpc) is 3.13. The van der Waals surface area contributed by atoms with Crippen LogP contribution in [0.15, 0.2) is 52.3 Å². The fraction of sp³-hybridized carbons (Fsp3) is 0.176. The van der Waals surface area contributed by atoms with Crippen LogP contribution in [0, 0.1) is 10.1 Å². The Morgan fingerprint density at radius 3 is 2.54 bits per heavy atom. The van der Waals surface area contributed by atoms with Gasteiger partial charge in [0.15, 0.2) is 5.78 Å². The molecule has 0 fully saturated rings. The van der Waals surface area contributed by atoms with Crippen molar-refractivity contribution >= 4 is 17.3 Å². The van der Waals surface area contributed by atoms with Gasteiger partial charge in [-0.15, -0.1) is 0 Å². The second-order valence-electron chi connectivity index (χ2n) is 6.06. The van der Waals surface area contributed by atoms with Gasteiger partial charge in [0.05, 0.1) is 11.5 Å². The number of carbonyl (C=O) groups is 1. The normalized spacial score (nSPS) is 10.8. The molecule has 2 N–H and O–H groups in total. The van der Waals surface area contributed by atoms with Gasteiger partial charge in [0.2, 0.25) is 0 Å².